The van der Waals surface area contributed by atoms with Gasteiger partial charge in [-0.1, -0.05) is 31.1 Å². The van der Waals surface area contributed by atoms with E-state index < -0.39 is 10.0 Å². The molecule has 32 heavy (non-hydrogen) atoms. The molecular weight excluding hydrogens is 430 g/mol. The number of rotatable bonds is 6. The summed E-state index contributed by atoms with van der Waals surface area (Å²) in [5, 5.41) is 2.70. The molecule has 9 heteroatoms. The Morgan fingerprint density at radius 1 is 0.969 bits per heavy atom. The number of allylic oxidation sites excluding steroid dienone is 2. The Hall–Kier alpha value is -2.52. The topological polar surface area (TPSA) is 104 Å². The quantitative estimate of drug-likeness (QED) is 0.520. The van der Waals surface area contributed by atoms with E-state index in [-0.39, 0.29) is 47.4 Å². The minimum Gasteiger partial charge on any atom is -0.326 e. The molecule has 4 rings (SSSR count). The molecule has 3 amide bonds. The second kappa shape index (κ2) is 9.54. The first-order valence-corrected chi connectivity index (χ1v) is 12.7. The highest BCUT2D eigenvalue weighted by molar-refractivity contribution is 7.89. The molecule has 1 aromatic carbocycles. The SMILES string of the molecule is O=C(CCN1C(=O)[C@@H]2CC=CC[C@H]2C1=O)Nc1cccc(S(=O)(=O)N2CCCCCC2)c1. The second-order valence-corrected chi connectivity index (χ2v) is 10.6. The van der Waals surface area contributed by atoms with Crippen molar-refractivity contribution in [1.82, 2.24) is 9.21 Å². The van der Waals surface area contributed by atoms with Gasteiger partial charge in [-0.3, -0.25) is 19.3 Å². The molecule has 172 valence electrons. The summed E-state index contributed by atoms with van der Waals surface area (Å²) in [4.78, 5) is 38.9. The number of hydrogen-bond donors (Lipinski definition) is 1. The molecule has 1 aliphatic carbocycles. The number of hydrogen-bond acceptors (Lipinski definition) is 5. The van der Waals surface area contributed by atoms with Crippen molar-refractivity contribution in [2.75, 3.05) is 25.0 Å². The van der Waals surface area contributed by atoms with Gasteiger partial charge in [0.2, 0.25) is 27.7 Å². The molecule has 2 heterocycles. The molecule has 8 nitrogen and oxygen atoms in total. The van der Waals surface area contributed by atoms with Gasteiger partial charge in [0.05, 0.1) is 16.7 Å². The predicted octanol–water partition coefficient (Wildman–Crippen LogP) is 2.53. The summed E-state index contributed by atoms with van der Waals surface area (Å²) in [5.41, 5.74) is 0.378. The molecule has 2 atom stereocenters. The Morgan fingerprint density at radius 2 is 1.59 bits per heavy atom. The second-order valence-electron chi connectivity index (χ2n) is 8.63. The summed E-state index contributed by atoms with van der Waals surface area (Å²) in [7, 11) is -3.62. The Labute approximate surface area is 188 Å². The summed E-state index contributed by atoms with van der Waals surface area (Å²) in [6.07, 6.45) is 8.71. The lowest BCUT2D eigenvalue weighted by Gasteiger charge is -2.20. The van der Waals surface area contributed by atoms with Gasteiger partial charge in [-0.2, -0.15) is 4.31 Å². The van der Waals surface area contributed by atoms with E-state index >= 15 is 0 Å². The number of carbonyl (C=O) groups is 3. The third kappa shape index (κ3) is 4.63. The summed E-state index contributed by atoms with van der Waals surface area (Å²) in [5.74, 6) is -1.40. The number of likely N-dealkylation sites (tertiary alicyclic amines) is 1. The van der Waals surface area contributed by atoms with Gasteiger partial charge in [0, 0.05) is 31.7 Å². The van der Waals surface area contributed by atoms with Gasteiger partial charge in [-0.25, -0.2) is 8.42 Å². The van der Waals surface area contributed by atoms with Crippen molar-refractivity contribution in [1.29, 1.82) is 0 Å². The maximum absolute atomic E-state index is 13.0. The van der Waals surface area contributed by atoms with Crippen LogP contribution in [0.15, 0.2) is 41.3 Å². The van der Waals surface area contributed by atoms with E-state index in [1.54, 1.807) is 12.1 Å². The lowest BCUT2D eigenvalue weighted by Crippen LogP contribution is -2.34. The largest absolute Gasteiger partial charge is 0.326 e. The highest BCUT2D eigenvalue weighted by atomic mass is 32.2. The molecule has 0 unspecified atom stereocenters. The maximum Gasteiger partial charge on any atom is 0.243 e. The number of nitrogens with zero attached hydrogens (tertiary/aromatic N) is 2. The Morgan fingerprint density at radius 3 is 2.22 bits per heavy atom. The van der Waals surface area contributed by atoms with Crippen molar-refractivity contribution in [3.8, 4) is 0 Å². The van der Waals surface area contributed by atoms with E-state index in [1.807, 2.05) is 12.2 Å². The number of anilines is 1. The van der Waals surface area contributed by atoms with Crippen LogP contribution in [0.4, 0.5) is 5.69 Å². The predicted molar refractivity (Wildman–Crippen MR) is 119 cm³/mol. The van der Waals surface area contributed by atoms with Crippen molar-refractivity contribution < 1.29 is 22.8 Å². The van der Waals surface area contributed by atoms with Crippen LogP contribution in [0.25, 0.3) is 0 Å². The molecule has 0 spiro atoms. The van der Waals surface area contributed by atoms with Crippen molar-refractivity contribution in [2.45, 2.75) is 49.8 Å². The molecule has 1 aromatic rings. The van der Waals surface area contributed by atoms with Crippen LogP contribution in [0.2, 0.25) is 0 Å². The number of benzene rings is 1. The van der Waals surface area contributed by atoms with Gasteiger partial charge in [-0.15, -0.1) is 0 Å². The number of sulfonamides is 1. The molecule has 0 radical (unpaired) electrons. The molecule has 0 bridgehead atoms. The minimum absolute atomic E-state index is 0.0300. The summed E-state index contributed by atoms with van der Waals surface area (Å²) in [6, 6.07) is 6.23. The number of carbonyl (C=O) groups excluding carboxylic acids is 3. The van der Waals surface area contributed by atoms with E-state index in [0.29, 0.717) is 31.6 Å². The van der Waals surface area contributed by atoms with Crippen molar-refractivity contribution in [3.05, 3.63) is 36.4 Å². The molecule has 2 fully saturated rings. The fraction of sp³-hybridized carbons (Fsp3) is 0.522. The Balaban J connectivity index is 1.37. The van der Waals surface area contributed by atoms with Gasteiger partial charge in [0.1, 0.15) is 0 Å². The van der Waals surface area contributed by atoms with Gasteiger partial charge >= 0.3 is 0 Å². The summed E-state index contributed by atoms with van der Waals surface area (Å²) < 4.78 is 27.5. The average molecular weight is 460 g/mol. The first-order valence-electron chi connectivity index (χ1n) is 11.3. The fourth-order valence-corrected chi connectivity index (χ4v) is 6.26. The molecule has 0 saturated carbocycles. The third-order valence-corrected chi connectivity index (χ3v) is 8.38. The zero-order valence-electron chi connectivity index (χ0n) is 18.0. The van der Waals surface area contributed by atoms with Gasteiger partial charge < -0.3 is 5.32 Å². The first kappa shape index (κ1) is 22.7. The highest BCUT2D eigenvalue weighted by Gasteiger charge is 2.46. The first-order chi connectivity index (χ1) is 15.4. The van der Waals surface area contributed by atoms with E-state index in [4.69, 9.17) is 0 Å². The van der Waals surface area contributed by atoms with Crippen molar-refractivity contribution >= 4 is 33.4 Å². The fourth-order valence-electron chi connectivity index (χ4n) is 4.69. The number of nitrogens with one attached hydrogen (secondary N) is 1. The van der Waals surface area contributed by atoms with E-state index in [9.17, 15) is 22.8 Å². The van der Waals surface area contributed by atoms with E-state index in [1.165, 1.54) is 21.3 Å². The molecule has 2 aliphatic heterocycles. The van der Waals surface area contributed by atoms with Crippen LogP contribution >= 0.6 is 0 Å². The molecule has 1 N–H and O–H groups in total. The monoisotopic (exact) mass is 459 g/mol. The highest BCUT2D eigenvalue weighted by Crippen LogP contribution is 2.35. The lowest BCUT2D eigenvalue weighted by atomic mass is 9.85. The molecule has 0 aromatic heterocycles. The molecular formula is C23H29N3O5S. The summed E-state index contributed by atoms with van der Waals surface area (Å²) in [6.45, 7) is 1.05. The third-order valence-electron chi connectivity index (χ3n) is 6.48. The number of amides is 3. The zero-order valence-corrected chi connectivity index (χ0v) is 18.9. The van der Waals surface area contributed by atoms with Crippen molar-refractivity contribution in [2.24, 2.45) is 11.8 Å². The van der Waals surface area contributed by atoms with Gasteiger partial charge in [-0.05, 0) is 43.9 Å². The van der Waals surface area contributed by atoms with Crippen LogP contribution in [0.5, 0.6) is 0 Å². The number of fused-ring (bicyclic) bond motifs is 1. The van der Waals surface area contributed by atoms with Crippen LogP contribution in [0.3, 0.4) is 0 Å². The van der Waals surface area contributed by atoms with E-state index in [0.717, 1.165) is 25.7 Å². The van der Waals surface area contributed by atoms with Gasteiger partial charge in [0.25, 0.3) is 0 Å². The van der Waals surface area contributed by atoms with Crippen LogP contribution < -0.4 is 5.32 Å². The van der Waals surface area contributed by atoms with Crippen LogP contribution in [-0.2, 0) is 24.4 Å². The summed E-state index contributed by atoms with van der Waals surface area (Å²) >= 11 is 0. The van der Waals surface area contributed by atoms with Crippen LogP contribution in [0, 0.1) is 11.8 Å². The maximum atomic E-state index is 13.0. The Bertz CT molecular complexity index is 1000. The number of imide groups is 1. The normalized spacial score (nSPS) is 24.3. The lowest BCUT2D eigenvalue weighted by molar-refractivity contribution is -0.140. The van der Waals surface area contributed by atoms with E-state index in [2.05, 4.69) is 5.32 Å². The Kier molecular flexibility index (Phi) is 6.76. The van der Waals surface area contributed by atoms with Crippen LogP contribution in [0.1, 0.15) is 44.9 Å². The smallest absolute Gasteiger partial charge is 0.243 e. The minimum atomic E-state index is -3.62. The van der Waals surface area contributed by atoms with Gasteiger partial charge in [0.15, 0.2) is 0 Å². The average Bonchev–Trinajstić information content (AvgIpc) is 2.98. The zero-order chi connectivity index (χ0) is 22.7. The van der Waals surface area contributed by atoms with Crippen LogP contribution in [-0.4, -0.2) is 55.0 Å². The van der Waals surface area contributed by atoms with Crippen molar-refractivity contribution in [3.63, 3.8) is 0 Å². The molecule has 3 aliphatic rings. The standard InChI is InChI=1S/C23H29N3O5S/c27-21(12-15-26-22(28)19-10-3-4-11-20(19)23(26)29)24-17-8-7-9-18(16-17)32(30,31)25-13-5-1-2-6-14-25/h3-4,7-9,16,19-20H,1-2,5-6,10-15H2,(H,24,27)/t19-,20-/m1/s1. The molecule has 2 saturated heterocycles.